The largest absolute Gasteiger partial charge is 0.340 e. The molecule has 1 aromatic rings. The van der Waals surface area contributed by atoms with Gasteiger partial charge in [-0.3, -0.25) is 9.69 Å². The van der Waals surface area contributed by atoms with Gasteiger partial charge in [-0.2, -0.15) is 0 Å². The van der Waals surface area contributed by atoms with Crippen molar-refractivity contribution in [1.82, 2.24) is 9.80 Å². The summed E-state index contributed by atoms with van der Waals surface area (Å²) in [7, 11) is 0. The minimum atomic E-state index is 0.216. The van der Waals surface area contributed by atoms with E-state index in [0.717, 1.165) is 37.3 Å². The number of amides is 1. The second kappa shape index (κ2) is 6.86. The Bertz CT molecular complexity index is 461. The number of piperazine rings is 1. The van der Waals surface area contributed by atoms with Crippen LogP contribution in [-0.2, 0) is 17.8 Å². The Morgan fingerprint density at radius 1 is 1.30 bits per heavy atom. The standard InChI is InChI=1S/C16H25N3O/c1-3-18-8-9-19(12-13(18)2)16(20)10-14-6-4-5-7-15(14)11-17/h4-7,13H,3,8-12,17H2,1-2H3. The lowest BCUT2D eigenvalue weighted by molar-refractivity contribution is -0.133. The first-order valence-electron chi connectivity index (χ1n) is 7.44. The van der Waals surface area contributed by atoms with E-state index in [0.29, 0.717) is 19.0 Å². The highest BCUT2D eigenvalue weighted by Crippen LogP contribution is 2.13. The first-order valence-corrected chi connectivity index (χ1v) is 7.44. The molecule has 1 unspecified atom stereocenters. The summed E-state index contributed by atoms with van der Waals surface area (Å²) in [6.45, 7) is 8.55. The minimum Gasteiger partial charge on any atom is -0.340 e. The molecule has 0 radical (unpaired) electrons. The lowest BCUT2D eigenvalue weighted by Gasteiger charge is -2.39. The average Bonchev–Trinajstić information content (AvgIpc) is 2.47. The van der Waals surface area contributed by atoms with Gasteiger partial charge < -0.3 is 10.6 Å². The average molecular weight is 275 g/mol. The number of likely N-dealkylation sites (N-methyl/N-ethyl adjacent to an activating group) is 1. The van der Waals surface area contributed by atoms with Gasteiger partial charge in [-0.25, -0.2) is 0 Å². The van der Waals surface area contributed by atoms with Crippen LogP contribution in [0.3, 0.4) is 0 Å². The zero-order valence-corrected chi connectivity index (χ0v) is 12.5. The highest BCUT2D eigenvalue weighted by atomic mass is 16.2. The van der Waals surface area contributed by atoms with Gasteiger partial charge in [0.1, 0.15) is 0 Å². The Balaban J connectivity index is 1.99. The molecule has 1 fully saturated rings. The molecule has 0 aromatic heterocycles. The van der Waals surface area contributed by atoms with Crippen molar-refractivity contribution in [2.24, 2.45) is 5.73 Å². The molecule has 1 heterocycles. The Morgan fingerprint density at radius 3 is 2.60 bits per heavy atom. The van der Waals surface area contributed by atoms with Gasteiger partial charge >= 0.3 is 0 Å². The van der Waals surface area contributed by atoms with Gasteiger partial charge in [-0.15, -0.1) is 0 Å². The number of carbonyl (C=O) groups is 1. The molecule has 0 saturated carbocycles. The zero-order chi connectivity index (χ0) is 14.5. The molecule has 110 valence electrons. The first kappa shape index (κ1) is 15.0. The van der Waals surface area contributed by atoms with Crippen LogP contribution in [0, 0.1) is 0 Å². The van der Waals surface area contributed by atoms with E-state index in [4.69, 9.17) is 5.73 Å². The maximum atomic E-state index is 12.4. The summed E-state index contributed by atoms with van der Waals surface area (Å²) in [6.07, 6.45) is 0.465. The molecule has 0 aliphatic carbocycles. The molecule has 1 atom stereocenters. The lowest BCUT2D eigenvalue weighted by Crippen LogP contribution is -2.53. The number of benzene rings is 1. The topological polar surface area (TPSA) is 49.6 Å². The fourth-order valence-corrected chi connectivity index (χ4v) is 2.90. The van der Waals surface area contributed by atoms with E-state index >= 15 is 0 Å². The summed E-state index contributed by atoms with van der Waals surface area (Å²) < 4.78 is 0. The van der Waals surface area contributed by atoms with Crippen molar-refractivity contribution < 1.29 is 4.79 Å². The summed E-state index contributed by atoms with van der Waals surface area (Å²) in [4.78, 5) is 16.8. The molecule has 0 bridgehead atoms. The third-order valence-corrected chi connectivity index (χ3v) is 4.20. The van der Waals surface area contributed by atoms with Crippen LogP contribution in [0.4, 0.5) is 0 Å². The SMILES string of the molecule is CCN1CCN(C(=O)Cc2ccccc2CN)CC1C. The molecule has 20 heavy (non-hydrogen) atoms. The Kier molecular flexibility index (Phi) is 5.15. The fourth-order valence-electron chi connectivity index (χ4n) is 2.90. The van der Waals surface area contributed by atoms with Gasteiger partial charge in [0.15, 0.2) is 0 Å². The highest BCUT2D eigenvalue weighted by Gasteiger charge is 2.25. The number of hydrogen-bond donors (Lipinski definition) is 1. The maximum absolute atomic E-state index is 12.4. The predicted molar refractivity (Wildman–Crippen MR) is 81.3 cm³/mol. The monoisotopic (exact) mass is 275 g/mol. The van der Waals surface area contributed by atoms with Crippen LogP contribution in [0.15, 0.2) is 24.3 Å². The second-order valence-corrected chi connectivity index (χ2v) is 5.47. The Morgan fingerprint density at radius 2 is 2.00 bits per heavy atom. The molecule has 1 aromatic carbocycles. The van der Waals surface area contributed by atoms with E-state index in [1.165, 1.54) is 0 Å². The smallest absolute Gasteiger partial charge is 0.227 e. The normalized spacial score (nSPS) is 20.1. The van der Waals surface area contributed by atoms with Crippen LogP contribution in [0.1, 0.15) is 25.0 Å². The number of nitrogens with zero attached hydrogens (tertiary/aromatic N) is 2. The number of hydrogen-bond acceptors (Lipinski definition) is 3. The van der Waals surface area contributed by atoms with Crippen molar-refractivity contribution in [3.05, 3.63) is 35.4 Å². The van der Waals surface area contributed by atoms with Gasteiger partial charge in [0, 0.05) is 32.2 Å². The molecule has 4 heteroatoms. The summed E-state index contributed by atoms with van der Waals surface area (Å²) in [6, 6.07) is 8.39. The van der Waals surface area contributed by atoms with Gasteiger partial charge in [0.05, 0.1) is 6.42 Å². The van der Waals surface area contributed by atoms with Crippen LogP contribution in [0.2, 0.25) is 0 Å². The van der Waals surface area contributed by atoms with Gasteiger partial charge in [0.2, 0.25) is 5.91 Å². The van der Waals surface area contributed by atoms with Gasteiger partial charge in [-0.1, -0.05) is 31.2 Å². The molecule has 1 aliphatic rings. The molecule has 2 N–H and O–H groups in total. The third-order valence-electron chi connectivity index (χ3n) is 4.20. The zero-order valence-electron chi connectivity index (χ0n) is 12.5. The van der Waals surface area contributed by atoms with E-state index in [9.17, 15) is 4.79 Å². The molecular formula is C16H25N3O. The van der Waals surface area contributed by atoms with Crippen molar-refractivity contribution in [3.63, 3.8) is 0 Å². The summed E-state index contributed by atoms with van der Waals surface area (Å²) in [5.74, 6) is 0.216. The van der Waals surface area contributed by atoms with E-state index in [2.05, 4.69) is 18.7 Å². The van der Waals surface area contributed by atoms with Crippen LogP contribution >= 0.6 is 0 Å². The fraction of sp³-hybridized carbons (Fsp3) is 0.562. The van der Waals surface area contributed by atoms with Crippen molar-refractivity contribution in [3.8, 4) is 0 Å². The van der Waals surface area contributed by atoms with E-state index in [1.54, 1.807) is 0 Å². The Hall–Kier alpha value is -1.39. The predicted octanol–water partition coefficient (Wildman–Crippen LogP) is 1.24. The number of carbonyl (C=O) groups excluding carboxylic acids is 1. The summed E-state index contributed by atoms with van der Waals surface area (Å²) in [5, 5.41) is 0. The Labute approximate surface area is 121 Å². The summed E-state index contributed by atoms with van der Waals surface area (Å²) in [5.41, 5.74) is 7.86. The van der Waals surface area contributed by atoms with Crippen LogP contribution < -0.4 is 5.73 Å². The lowest BCUT2D eigenvalue weighted by atomic mass is 10.0. The van der Waals surface area contributed by atoms with E-state index in [1.807, 2.05) is 29.2 Å². The maximum Gasteiger partial charge on any atom is 0.227 e. The molecule has 2 rings (SSSR count). The molecule has 0 spiro atoms. The highest BCUT2D eigenvalue weighted by molar-refractivity contribution is 5.79. The molecule has 1 amide bonds. The van der Waals surface area contributed by atoms with Gasteiger partial charge in [0.25, 0.3) is 0 Å². The van der Waals surface area contributed by atoms with Crippen LogP contribution in [-0.4, -0.2) is 47.9 Å². The van der Waals surface area contributed by atoms with Gasteiger partial charge in [-0.05, 0) is 24.6 Å². The van der Waals surface area contributed by atoms with Crippen molar-refractivity contribution >= 4 is 5.91 Å². The molecule has 1 saturated heterocycles. The van der Waals surface area contributed by atoms with Crippen LogP contribution in [0.5, 0.6) is 0 Å². The van der Waals surface area contributed by atoms with Crippen LogP contribution in [0.25, 0.3) is 0 Å². The third kappa shape index (κ3) is 3.38. The molecule has 4 nitrogen and oxygen atoms in total. The van der Waals surface area contributed by atoms with E-state index in [-0.39, 0.29) is 5.91 Å². The molecular weight excluding hydrogens is 250 g/mol. The quantitative estimate of drug-likeness (QED) is 0.899. The van der Waals surface area contributed by atoms with Crippen molar-refractivity contribution in [1.29, 1.82) is 0 Å². The number of rotatable bonds is 4. The van der Waals surface area contributed by atoms with Crippen molar-refractivity contribution in [2.45, 2.75) is 32.9 Å². The first-order chi connectivity index (χ1) is 9.65. The summed E-state index contributed by atoms with van der Waals surface area (Å²) >= 11 is 0. The number of nitrogens with two attached hydrogens (primary N) is 1. The van der Waals surface area contributed by atoms with E-state index < -0.39 is 0 Å². The minimum absolute atomic E-state index is 0.216. The second-order valence-electron chi connectivity index (χ2n) is 5.47. The molecule has 1 aliphatic heterocycles. The van der Waals surface area contributed by atoms with Crippen molar-refractivity contribution in [2.75, 3.05) is 26.2 Å².